The van der Waals surface area contributed by atoms with Gasteiger partial charge >= 0.3 is 5.82 Å². The van der Waals surface area contributed by atoms with Gasteiger partial charge in [-0.25, -0.2) is 0 Å². The second kappa shape index (κ2) is 6.04. The molecule has 19 heavy (non-hydrogen) atoms. The molecule has 0 bridgehead atoms. The molecule has 0 radical (unpaired) electrons. The zero-order chi connectivity index (χ0) is 14.6. The first-order valence-electron chi connectivity index (χ1n) is 5.18. The Balaban J connectivity index is 2.88. The SMILES string of the molecule is CC(O)(CO)CNC(=O)c1cc([N+](=O)[O-])ncc1Br. The number of rotatable bonds is 5. The number of carbonyl (C=O) groups is 1. The Morgan fingerprint density at radius 2 is 2.32 bits per heavy atom. The average molecular weight is 334 g/mol. The molecule has 1 aromatic heterocycles. The van der Waals surface area contributed by atoms with Crippen molar-refractivity contribution < 1.29 is 19.9 Å². The van der Waals surface area contributed by atoms with Crippen LogP contribution in [0, 0.1) is 10.1 Å². The lowest BCUT2D eigenvalue weighted by Gasteiger charge is -2.20. The second-order valence-corrected chi connectivity index (χ2v) is 4.97. The third-order valence-electron chi connectivity index (χ3n) is 2.24. The minimum Gasteiger partial charge on any atom is -0.393 e. The molecule has 8 nitrogen and oxygen atoms in total. The third kappa shape index (κ3) is 4.23. The van der Waals surface area contributed by atoms with E-state index in [9.17, 15) is 20.0 Å². The van der Waals surface area contributed by atoms with E-state index < -0.39 is 28.9 Å². The predicted molar refractivity (Wildman–Crippen MR) is 68.6 cm³/mol. The van der Waals surface area contributed by atoms with Gasteiger partial charge in [-0.2, -0.15) is 0 Å². The first-order valence-corrected chi connectivity index (χ1v) is 5.97. The summed E-state index contributed by atoms with van der Waals surface area (Å²) in [6, 6.07) is 1.02. The van der Waals surface area contributed by atoms with Crippen molar-refractivity contribution in [1.82, 2.24) is 10.3 Å². The largest absolute Gasteiger partial charge is 0.393 e. The van der Waals surface area contributed by atoms with Gasteiger partial charge in [-0.1, -0.05) is 0 Å². The van der Waals surface area contributed by atoms with E-state index in [2.05, 4.69) is 26.2 Å². The minimum absolute atomic E-state index is 0.0236. The van der Waals surface area contributed by atoms with Gasteiger partial charge in [0.1, 0.15) is 5.60 Å². The van der Waals surface area contributed by atoms with Gasteiger partial charge < -0.3 is 25.6 Å². The molecule has 0 aromatic carbocycles. The second-order valence-electron chi connectivity index (χ2n) is 4.12. The van der Waals surface area contributed by atoms with Crippen molar-refractivity contribution in [2.24, 2.45) is 0 Å². The summed E-state index contributed by atoms with van der Waals surface area (Å²) in [7, 11) is 0. The highest BCUT2D eigenvalue weighted by molar-refractivity contribution is 9.10. The van der Waals surface area contributed by atoms with Crippen molar-refractivity contribution in [3.8, 4) is 0 Å². The summed E-state index contributed by atoms with van der Waals surface area (Å²) >= 11 is 3.06. The Kier molecular flexibility index (Phi) is 4.92. The van der Waals surface area contributed by atoms with Crippen LogP contribution in [0.25, 0.3) is 0 Å². The summed E-state index contributed by atoms with van der Waals surface area (Å²) in [5.74, 6) is -1.08. The molecule has 1 rings (SSSR count). The first-order chi connectivity index (χ1) is 8.76. The van der Waals surface area contributed by atoms with E-state index in [1.165, 1.54) is 6.92 Å². The van der Waals surface area contributed by atoms with E-state index in [0.717, 1.165) is 12.3 Å². The zero-order valence-corrected chi connectivity index (χ0v) is 11.5. The number of nitrogens with one attached hydrogen (secondary N) is 1. The molecular weight excluding hydrogens is 322 g/mol. The maximum absolute atomic E-state index is 11.8. The number of amides is 1. The van der Waals surface area contributed by atoms with Gasteiger partial charge in [-0.15, -0.1) is 0 Å². The van der Waals surface area contributed by atoms with Crippen molar-refractivity contribution in [1.29, 1.82) is 0 Å². The molecule has 0 aliphatic rings. The summed E-state index contributed by atoms with van der Waals surface area (Å²) in [6.07, 6.45) is 1.15. The Hall–Kier alpha value is -1.58. The fourth-order valence-corrected chi connectivity index (χ4v) is 1.52. The lowest BCUT2D eigenvalue weighted by Crippen LogP contribution is -2.43. The molecular formula is C10H12BrN3O5. The van der Waals surface area contributed by atoms with Crippen LogP contribution in [-0.2, 0) is 0 Å². The van der Waals surface area contributed by atoms with Gasteiger partial charge in [0, 0.05) is 12.6 Å². The molecule has 0 aliphatic carbocycles. The van der Waals surface area contributed by atoms with Gasteiger partial charge in [0.2, 0.25) is 0 Å². The van der Waals surface area contributed by atoms with E-state index in [0.29, 0.717) is 4.47 Å². The van der Waals surface area contributed by atoms with E-state index in [1.807, 2.05) is 0 Å². The average Bonchev–Trinajstić information content (AvgIpc) is 2.36. The molecule has 0 aliphatic heterocycles. The Bertz CT molecular complexity index is 506. The van der Waals surface area contributed by atoms with Gasteiger partial charge in [0.15, 0.2) is 6.20 Å². The number of aliphatic hydroxyl groups is 2. The number of carbonyl (C=O) groups excluding carboxylic acids is 1. The predicted octanol–water partition coefficient (Wildman–Crippen LogP) is 0.225. The van der Waals surface area contributed by atoms with Crippen LogP contribution in [0.15, 0.2) is 16.7 Å². The van der Waals surface area contributed by atoms with Crippen LogP contribution in [0.3, 0.4) is 0 Å². The van der Waals surface area contributed by atoms with Crippen LogP contribution < -0.4 is 5.32 Å². The molecule has 9 heteroatoms. The van der Waals surface area contributed by atoms with Gasteiger partial charge in [0.25, 0.3) is 5.91 Å². The van der Waals surface area contributed by atoms with Crippen molar-refractivity contribution >= 4 is 27.7 Å². The van der Waals surface area contributed by atoms with Crippen LogP contribution in [0.2, 0.25) is 0 Å². The molecule has 0 spiro atoms. The van der Waals surface area contributed by atoms with Crippen molar-refractivity contribution in [2.75, 3.05) is 13.2 Å². The molecule has 0 saturated carbocycles. The monoisotopic (exact) mass is 333 g/mol. The maximum atomic E-state index is 11.8. The number of aromatic nitrogens is 1. The standard InChI is InChI=1S/C10H12BrN3O5/c1-10(17,5-15)4-13-9(16)6-2-8(14(18)19)12-3-7(6)11/h2-3,15,17H,4-5H2,1H3,(H,13,16). The molecule has 104 valence electrons. The fourth-order valence-electron chi connectivity index (χ4n) is 1.12. The molecule has 1 aromatic rings. The molecule has 0 saturated heterocycles. The summed E-state index contributed by atoms with van der Waals surface area (Å²) < 4.78 is 0.291. The Labute approximate surface area is 116 Å². The lowest BCUT2D eigenvalue weighted by atomic mass is 10.1. The van der Waals surface area contributed by atoms with Crippen molar-refractivity contribution in [3.63, 3.8) is 0 Å². The van der Waals surface area contributed by atoms with Gasteiger partial charge in [0.05, 0.1) is 16.6 Å². The van der Waals surface area contributed by atoms with E-state index in [-0.39, 0.29) is 12.1 Å². The number of nitro groups is 1. The third-order valence-corrected chi connectivity index (χ3v) is 2.87. The van der Waals surface area contributed by atoms with Crippen LogP contribution >= 0.6 is 15.9 Å². The smallest absolute Gasteiger partial charge is 0.364 e. The van der Waals surface area contributed by atoms with Crippen molar-refractivity contribution in [2.45, 2.75) is 12.5 Å². The number of hydrogen-bond donors (Lipinski definition) is 3. The van der Waals surface area contributed by atoms with Crippen LogP contribution in [-0.4, -0.2) is 44.8 Å². The van der Waals surface area contributed by atoms with E-state index in [4.69, 9.17) is 5.11 Å². The number of halogens is 1. The van der Waals surface area contributed by atoms with E-state index in [1.54, 1.807) is 0 Å². The highest BCUT2D eigenvalue weighted by atomic mass is 79.9. The number of hydrogen-bond acceptors (Lipinski definition) is 6. The molecule has 1 heterocycles. The molecule has 3 N–H and O–H groups in total. The first kappa shape index (κ1) is 15.5. The zero-order valence-electron chi connectivity index (χ0n) is 9.96. The fraction of sp³-hybridized carbons (Fsp3) is 0.400. The van der Waals surface area contributed by atoms with Gasteiger partial charge in [-0.05, 0) is 32.8 Å². The Morgan fingerprint density at radius 3 is 2.84 bits per heavy atom. The molecule has 1 amide bonds. The van der Waals surface area contributed by atoms with E-state index >= 15 is 0 Å². The molecule has 0 fully saturated rings. The molecule has 1 unspecified atom stereocenters. The van der Waals surface area contributed by atoms with Crippen LogP contribution in [0.4, 0.5) is 5.82 Å². The van der Waals surface area contributed by atoms with Gasteiger partial charge in [-0.3, -0.25) is 4.79 Å². The van der Waals surface area contributed by atoms with Crippen LogP contribution in [0.5, 0.6) is 0 Å². The quantitative estimate of drug-likeness (QED) is 0.523. The number of aliphatic hydroxyl groups excluding tert-OH is 1. The van der Waals surface area contributed by atoms with Crippen LogP contribution in [0.1, 0.15) is 17.3 Å². The highest BCUT2D eigenvalue weighted by Crippen LogP contribution is 2.19. The maximum Gasteiger partial charge on any atom is 0.364 e. The Morgan fingerprint density at radius 1 is 1.68 bits per heavy atom. The normalized spacial score (nSPS) is 13.7. The number of nitrogens with zero attached hydrogens (tertiary/aromatic N) is 2. The minimum atomic E-state index is -1.46. The molecule has 1 atom stereocenters. The summed E-state index contributed by atoms with van der Waals surface area (Å²) in [4.78, 5) is 25.2. The lowest BCUT2D eigenvalue weighted by molar-refractivity contribution is -0.389. The number of pyridine rings is 1. The summed E-state index contributed by atoms with van der Waals surface area (Å²) in [5.41, 5.74) is -1.43. The van der Waals surface area contributed by atoms with Crippen molar-refractivity contribution in [3.05, 3.63) is 32.4 Å². The summed E-state index contributed by atoms with van der Waals surface area (Å²) in [6.45, 7) is 0.632. The highest BCUT2D eigenvalue weighted by Gasteiger charge is 2.22. The summed E-state index contributed by atoms with van der Waals surface area (Å²) in [5, 5.41) is 31.3. The topological polar surface area (TPSA) is 126 Å².